The van der Waals surface area contributed by atoms with Gasteiger partial charge >= 0.3 is 0 Å². The summed E-state index contributed by atoms with van der Waals surface area (Å²) in [6.07, 6.45) is 2.86. The van der Waals surface area contributed by atoms with Crippen molar-refractivity contribution >= 4 is 23.5 Å². The molecule has 0 radical (unpaired) electrons. The van der Waals surface area contributed by atoms with Gasteiger partial charge in [-0.05, 0) is 29.8 Å². The zero-order valence-electron chi connectivity index (χ0n) is 6.64. The fraction of sp³-hybridized carbons (Fsp3) is 1.00. The molecule has 0 atom stereocenters. The van der Waals surface area contributed by atoms with Crippen LogP contribution in [0.3, 0.4) is 0 Å². The van der Waals surface area contributed by atoms with E-state index in [2.05, 4.69) is 37.4 Å². The van der Waals surface area contributed by atoms with Crippen LogP contribution in [0.2, 0.25) is 0 Å². The molecule has 0 aromatic carbocycles. The van der Waals surface area contributed by atoms with E-state index in [4.69, 9.17) is 0 Å². The lowest BCUT2D eigenvalue weighted by Gasteiger charge is -2.23. The molecule has 0 aromatic heterocycles. The van der Waals surface area contributed by atoms with Gasteiger partial charge < -0.3 is 0 Å². The Bertz CT molecular complexity index is 145. The van der Waals surface area contributed by atoms with E-state index < -0.39 is 0 Å². The van der Waals surface area contributed by atoms with Crippen molar-refractivity contribution in [1.82, 2.24) is 0 Å². The standard InChI is InChI=1S/C8H14S2/c1-7(2)6-8(7)9-4-3-5-10-8/h3-6H2,1-2H3. The minimum atomic E-state index is 0.642. The van der Waals surface area contributed by atoms with Crippen molar-refractivity contribution in [2.45, 2.75) is 30.8 Å². The molecular formula is C8H14S2. The van der Waals surface area contributed by atoms with Gasteiger partial charge in [0.05, 0.1) is 4.08 Å². The van der Waals surface area contributed by atoms with Crippen molar-refractivity contribution in [1.29, 1.82) is 0 Å². The van der Waals surface area contributed by atoms with Crippen LogP contribution in [0.4, 0.5) is 0 Å². The van der Waals surface area contributed by atoms with Crippen LogP contribution in [0.25, 0.3) is 0 Å². The predicted octanol–water partition coefficient (Wildman–Crippen LogP) is 2.98. The lowest BCUT2D eigenvalue weighted by atomic mass is 10.2. The minimum Gasteiger partial charge on any atom is -0.144 e. The Balaban J connectivity index is 2.05. The smallest absolute Gasteiger partial charge is 0.0668 e. The molecule has 58 valence electrons. The van der Waals surface area contributed by atoms with Gasteiger partial charge in [0.25, 0.3) is 0 Å². The molecule has 1 saturated carbocycles. The molecule has 0 amide bonds. The van der Waals surface area contributed by atoms with Crippen molar-refractivity contribution < 1.29 is 0 Å². The first kappa shape index (κ1) is 7.35. The summed E-state index contributed by atoms with van der Waals surface area (Å²) in [4.78, 5) is 0. The van der Waals surface area contributed by atoms with Gasteiger partial charge in [-0.1, -0.05) is 13.8 Å². The molecule has 1 aliphatic heterocycles. The highest BCUT2D eigenvalue weighted by Gasteiger charge is 2.62. The monoisotopic (exact) mass is 174 g/mol. The zero-order valence-corrected chi connectivity index (χ0v) is 8.28. The summed E-state index contributed by atoms with van der Waals surface area (Å²) >= 11 is 4.40. The molecule has 10 heavy (non-hydrogen) atoms. The number of hydrogen-bond donors (Lipinski definition) is 0. The summed E-state index contributed by atoms with van der Waals surface area (Å²) < 4.78 is 0.658. The molecule has 1 saturated heterocycles. The zero-order chi connectivity index (χ0) is 7.24. The lowest BCUT2D eigenvalue weighted by molar-refractivity contribution is 0.645. The van der Waals surface area contributed by atoms with Crippen LogP contribution in [-0.4, -0.2) is 15.6 Å². The Hall–Kier alpha value is 0.700. The van der Waals surface area contributed by atoms with E-state index in [9.17, 15) is 0 Å². The molecule has 1 aliphatic carbocycles. The normalized spacial score (nSPS) is 34.2. The van der Waals surface area contributed by atoms with Crippen LogP contribution in [0.5, 0.6) is 0 Å². The highest BCUT2D eigenvalue weighted by molar-refractivity contribution is 8.19. The molecule has 1 spiro atoms. The number of rotatable bonds is 0. The van der Waals surface area contributed by atoms with Crippen LogP contribution in [-0.2, 0) is 0 Å². The third kappa shape index (κ3) is 0.918. The second kappa shape index (κ2) is 2.10. The first-order chi connectivity index (χ1) is 4.66. The predicted molar refractivity (Wildman–Crippen MR) is 50.7 cm³/mol. The summed E-state index contributed by atoms with van der Waals surface area (Å²) in [5, 5.41) is 0. The third-order valence-corrected chi connectivity index (χ3v) is 6.56. The molecular weight excluding hydrogens is 160 g/mol. The summed E-state index contributed by atoms with van der Waals surface area (Å²) in [6.45, 7) is 4.80. The maximum Gasteiger partial charge on any atom is 0.0668 e. The van der Waals surface area contributed by atoms with Gasteiger partial charge in [0.2, 0.25) is 0 Å². The van der Waals surface area contributed by atoms with Gasteiger partial charge in [-0.15, -0.1) is 23.5 Å². The largest absolute Gasteiger partial charge is 0.144 e. The number of hydrogen-bond acceptors (Lipinski definition) is 2. The molecule has 0 aromatic rings. The van der Waals surface area contributed by atoms with E-state index in [1.54, 1.807) is 0 Å². The van der Waals surface area contributed by atoms with Crippen LogP contribution < -0.4 is 0 Å². The van der Waals surface area contributed by atoms with Crippen molar-refractivity contribution in [3.8, 4) is 0 Å². The van der Waals surface area contributed by atoms with E-state index in [1.807, 2.05) is 0 Å². The molecule has 0 unspecified atom stereocenters. The van der Waals surface area contributed by atoms with Gasteiger partial charge in [0, 0.05) is 0 Å². The number of thioether (sulfide) groups is 2. The Morgan fingerprint density at radius 2 is 1.60 bits per heavy atom. The van der Waals surface area contributed by atoms with Crippen molar-refractivity contribution in [3.05, 3.63) is 0 Å². The Labute approximate surface area is 71.5 Å². The van der Waals surface area contributed by atoms with E-state index in [1.165, 1.54) is 24.3 Å². The fourth-order valence-electron chi connectivity index (χ4n) is 1.61. The van der Waals surface area contributed by atoms with Crippen molar-refractivity contribution in [2.75, 3.05) is 11.5 Å². The van der Waals surface area contributed by atoms with Crippen LogP contribution in [0.1, 0.15) is 26.7 Å². The Morgan fingerprint density at radius 3 is 1.90 bits per heavy atom. The first-order valence-corrected chi connectivity index (χ1v) is 5.91. The molecule has 0 nitrogen and oxygen atoms in total. The second-order valence-corrected chi connectivity index (χ2v) is 6.91. The highest BCUT2D eigenvalue weighted by Crippen LogP contribution is 2.71. The van der Waals surface area contributed by atoms with Crippen molar-refractivity contribution in [2.24, 2.45) is 5.41 Å². The average Bonchev–Trinajstić information content (AvgIpc) is 2.36. The van der Waals surface area contributed by atoms with Gasteiger partial charge in [0.1, 0.15) is 0 Å². The van der Waals surface area contributed by atoms with E-state index in [-0.39, 0.29) is 0 Å². The molecule has 2 fully saturated rings. The SMILES string of the molecule is CC1(C)CC12SCCCS2. The van der Waals surface area contributed by atoms with Gasteiger partial charge in [0.15, 0.2) is 0 Å². The molecule has 1 heterocycles. The molecule has 2 heteroatoms. The minimum absolute atomic E-state index is 0.642. The Morgan fingerprint density at radius 1 is 1.10 bits per heavy atom. The van der Waals surface area contributed by atoms with Crippen molar-refractivity contribution in [3.63, 3.8) is 0 Å². The fourth-order valence-corrected chi connectivity index (χ4v) is 5.57. The van der Waals surface area contributed by atoms with Gasteiger partial charge in [-0.25, -0.2) is 0 Å². The van der Waals surface area contributed by atoms with E-state index in [0.29, 0.717) is 9.49 Å². The maximum absolute atomic E-state index is 2.40. The topological polar surface area (TPSA) is 0 Å². The van der Waals surface area contributed by atoms with Crippen LogP contribution in [0, 0.1) is 5.41 Å². The van der Waals surface area contributed by atoms with Crippen LogP contribution >= 0.6 is 23.5 Å². The van der Waals surface area contributed by atoms with Gasteiger partial charge in [-0.3, -0.25) is 0 Å². The average molecular weight is 174 g/mol. The van der Waals surface area contributed by atoms with Crippen LogP contribution in [0.15, 0.2) is 0 Å². The van der Waals surface area contributed by atoms with E-state index >= 15 is 0 Å². The maximum atomic E-state index is 2.40. The summed E-state index contributed by atoms with van der Waals surface area (Å²) in [7, 11) is 0. The van der Waals surface area contributed by atoms with E-state index in [0.717, 1.165) is 0 Å². The highest BCUT2D eigenvalue weighted by atomic mass is 32.2. The summed E-state index contributed by atoms with van der Waals surface area (Å²) in [5.41, 5.74) is 0.642. The molecule has 0 N–H and O–H groups in total. The summed E-state index contributed by atoms with van der Waals surface area (Å²) in [5.74, 6) is 2.80. The quantitative estimate of drug-likeness (QED) is 0.554. The second-order valence-electron chi connectivity index (χ2n) is 3.86. The lowest BCUT2D eigenvalue weighted by Crippen LogP contribution is -2.13. The van der Waals surface area contributed by atoms with Gasteiger partial charge in [-0.2, -0.15) is 0 Å². The molecule has 0 bridgehead atoms. The third-order valence-electron chi connectivity index (χ3n) is 2.54. The Kier molecular flexibility index (Phi) is 1.54. The summed E-state index contributed by atoms with van der Waals surface area (Å²) in [6, 6.07) is 0. The first-order valence-electron chi connectivity index (χ1n) is 3.94. The molecule has 2 rings (SSSR count). The molecule has 2 aliphatic rings.